The quantitative estimate of drug-likeness (QED) is 0.739. The molecule has 0 atom stereocenters. The van der Waals surface area contributed by atoms with Crippen molar-refractivity contribution in [3.8, 4) is 17.6 Å². The van der Waals surface area contributed by atoms with Gasteiger partial charge in [-0.15, -0.1) is 0 Å². The third kappa shape index (κ3) is 1.71. The van der Waals surface area contributed by atoms with Gasteiger partial charge in [0.1, 0.15) is 19.0 Å². The number of hydrogen-bond donors (Lipinski definition) is 0. The molecule has 0 N–H and O–H groups in total. The molecule has 5 heteroatoms. The largest absolute Gasteiger partial charge is 0.486 e. The SMILES string of the molecule is N#CCc1c(F)c(Cl)cc2c1OCCO2. The van der Waals surface area contributed by atoms with Crippen LogP contribution < -0.4 is 9.47 Å². The van der Waals surface area contributed by atoms with Gasteiger partial charge in [0.15, 0.2) is 11.5 Å². The van der Waals surface area contributed by atoms with Crippen molar-refractivity contribution in [2.75, 3.05) is 13.2 Å². The molecule has 0 aromatic heterocycles. The summed E-state index contributed by atoms with van der Waals surface area (Å²) in [5, 5.41) is 8.53. The average molecular weight is 228 g/mol. The van der Waals surface area contributed by atoms with E-state index in [9.17, 15) is 4.39 Å². The van der Waals surface area contributed by atoms with Gasteiger partial charge in [-0.1, -0.05) is 11.6 Å². The van der Waals surface area contributed by atoms with Crippen LogP contribution >= 0.6 is 11.6 Å². The molecule has 1 aliphatic heterocycles. The molecule has 3 nitrogen and oxygen atoms in total. The highest BCUT2D eigenvalue weighted by Crippen LogP contribution is 2.39. The second-order valence-corrected chi connectivity index (χ2v) is 3.42. The van der Waals surface area contributed by atoms with E-state index in [-0.39, 0.29) is 17.0 Å². The molecule has 0 radical (unpaired) electrons. The van der Waals surface area contributed by atoms with Gasteiger partial charge in [0, 0.05) is 11.6 Å². The molecule has 0 aliphatic carbocycles. The molecule has 0 saturated carbocycles. The van der Waals surface area contributed by atoms with Gasteiger partial charge in [0.2, 0.25) is 0 Å². The molecule has 15 heavy (non-hydrogen) atoms. The highest BCUT2D eigenvalue weighted by molar-refractivity contribution is 6.31. The summed E-state index contributed by atoms with van der Waals surface area (Å²) in [6, 6.07) is 3.24. The summed E-state index contributed by atoms with van der Waals surface area (Å²) in [4.78, 5) is 0. The monoisotopic (exact) mass is 227 g/mol. The van der Waals surface area contributed by atoms with E-state index in [4.69, 9.17) is 26.3 Å². The van der Waals surface area contributed by atoms with Crippen molar-refractivity contribution in [1.82, 2.24) is 0 Å². The van der Waals surface area contributed by atoms with Crippen molar-refractivity contribution >= 4 is 11.6 Å². The lowest BCUT2D eigenvalue weighted by Crippen LogP contribution is -2.17. The predicted octanol–water partition coefficient (Wildman–Crippen LogP) is 2.32. The summed E-state index contributed by atoms with van der Waals surface area (Å²) < 4.78 is 24.1. The molecule has 0 unspecified atom stereocenters. The Labute approximate surface area is 91.0 Å². The smallest absolute Gasteiger partial charge is 0.168 e. The summed E-state index contributed by atoms with van der Waals surface area (Å²) in [6.45, 7) is 0.757. The molecule has 0 fully saturated rings. The van der Waals surface area contributed by atoms with Gasteiger partial charge >= 0.3 is 0 Å². The summed E-state index contributed by atoms with van der Waals surface area (Å²) in [6.07, 6.45) is -0.0852. The van der Waals surface area contributed by atoms with E-state index in [0.29, 0.717) is 24.7 Å². The Morgan fingerprint density at radius 2 is 2.20 bits per heavy atom. The van der Waals surface area contributed by atoms with Gasteiger partial charge in [-0.2, -0.15) is 5.26 Å². The summed E-state index contributed by atoms with van der Waals surface area (Å²) in [5.74, 6) is 0.0880. The van der Waals surface area contributed by atoms with Gasteiger partial charge in [-0.3, -0.25) is 0 Å². The van der Waals surface area contributed by atoms with Crippen molar-refractivity contribution in [3.63, 3.8) is 0 Å². The first-order valence-electron chi connectivity index (χ1n) is 4.37. The summed E-state index contributed by atoms with van der Waals surface area (Å²) in [5.41, 5.74) is 0.166. The number of nitriles is 1. The molecule has 1 aromatic carbocycles. The Bertz CT molecular complexity index is 442. The van der Waals surface area contributed by atoms with E-state index in [1.54, 1.807) is 0 Å². The summed E-state index contributed by atoms with van der Waals surface area (Å²) in [7, 11) is 0. The number of nitrogens with zero attached hydrogens (tertiary/aromatic N) is 1. The van der Waals surface area contributed by atoms with Gasteiger partial charge in [0.25, 0.3) is 0 Å². The second-order valence-electron chi connectivity index (χ2n) is 3.01. The Kier molecular flexibility index (Phi) is 2.65. The fourth-order valence-electron chi connectivity index (χ4n) is 1.43. The first-order valence-corrected chi connectivity index (χ1v) is 4.75. The second kappa shape index (κ2) is 3.95. The molecule has 0 spiro atoms. The number of rotatable bonds is 1. The van der Waals surface area contributed by atoms with Crippen molar-refractivity contribution in [2.45, 2.75) is 6.42 Å². The van der Waals surface area contributed by atoms with E-state index in [2.05, 4.69) is 0 Å². The van der Waals surface area contributed by atoms with Crippen molar-refractivity contribution < 1.29 is 13.9 Å². The van der Waals surface area contributed by atoms with Gasteiger partial charge in [-0.25, -0.2) is 4.39 Å². The zero-order valence-corrected chi connectivity index (χ0v) is 8.47. The molecular weight excluding hydrogens is 221 g/mol. The third-order valence-corrected chi connectivity index (χ3v) is 2.35. The Balaban J connectivity index is 2.58. The molecule has 0 bridgehead atoms. The van der Waals surface area contributed by atoms with Crippen molar-refractivity contribution in [2.24, 2.45) is 0 Å². The van der Waals surface area contributed by atoms with Crippen LogP contribution in [-0.4, -0.2) is 13.2 Å². The first kappa shape index (κ1) is 10.1. The Hall–Kier alpha value is -1.47. The molecule has 1 aromatic rings. The molecule has 0 amide bonds. The lowest BCUT2D eigenvalue weighted by molar-refractivity contribution is 0.169. The normalized spacial score (nSPS) is 13.4. The maximum absolute atomic E-state index is 13.6. The van der Waals surface area contributed by atoms with Crippen LogP contribution in [0.1, 0.15) is 5.56 Å². The maximum atomic E-state index is 13.6. The minimum atomic E-state index is -0.609. The fraction of sp³-hybridized carbons (Fsp3) is 0.300. The fourth-order valence-corrected chi connectivity index (χ4v) is 1.65. The standard InChI is InChI=1S/C10H7ClFNO2/c11-7-5-8-10(15-4-3-14-8)6(1-2-13)9(7)12/h5H,1,3-4H2. The molecular formula is C10H7ClFNO2. The zero-order chi connectivity index (χ0) is 10.8. The van der Waals surface area contributed by atoms with E-state index >= 15 is 0 Å². The van der Waals surface area contributed by atoms with Crippen LogP contribution in [-0.2, 0) is 6.42 Å². The lowest BCUT2D eigenvalue weighted by atomic mass is 10.1. The van der Waals surface area contributed by atoms with E-state index in [0.717, 1.165) is 0 Å². The topological polar surface area (TPSA) is 42.2 Å². The van der Waals surface area contributed by atoms with Crippen LogP contribution in [0.3, 0.4) is 0 Å². The van der Waals surface area contributed by atoms with Crippen LogP contribution in [0.15, 0.2) is 6.07 Å². The van der Waals surface area contributed by atoms with Gasteiger partial charge in [-0.05, 0) is 0 Å². The molecule has 78 valence electrons. The minimum Gasteiger partial charge on any atom is -0.486 e. The number of ether oxygens (including phenoxy) is 2. The molecule has 0 saturated heterocycles. The number of benzene rings is 1. The third-order valence-electron chi connectivity index (χ3n) is 2.07. The first-order chi connectivity index (χ1) is 7.24. The van der Waals surface area contributed by atoms with Gasteiger partial charge in [0.05, 0.1) is 17.5 Å². The van der Waals surface area contributed by atoms with Crippen LogP contribution in [0.25, 0.3) is 0 Å². The number of fused-ring (bicyclic) bond motifs is 1. The highest BCUT2D eigenvalue weighted by atomic mass is 35.5. The minimum absolute atomic E-state index is 0.0514. The zero-order valence-electron chi connectivity index (χ0n) is 7.72. The van der Waals surface area contributed by atoms with Crippen molar-refractivity contribution in [1.29, 1.82) is 5.26 Å². The van der Waals surface area contributed by atoms with E-state index in [1.807, 2.05) is 6.07 Å². The number of hydrogen-bond acceptors (Lipinski definition) is 3. The molecule has 2 rings (SSSR count). The van der Waals surface area contributed by atoms with Crippen LogP contribution in [0.5, 0.6) is 11.5 Å². The molecule has 1 heterocycles. The lowest BCUT2D eigenvalue weighted by Gasteiger charge is -2.21. The highest BCUT2D eigenvalue weighted by Gasteiger charge is 2.22. The van der Waals surface area contributed by atoms with Crippen LogP contribution in [0.2, 0.25) is 5.02 Å². The maximum Gasteiger partial charge on any atom is 0.168 e. The predicted molar refractivity (Wildman–Crippen MR) is 51.7 cm³/mol. The van der Waals surface area contributed by atoms with E-state index in [1.165, 1.54) is 6.07 Å². The Morgan fingerprint density at radius 1 is 1.47 bits per heavy atom. The van der Waals surface area contributed by atoms with Crippen LogP contribution in [0, 0.1) is 17.1 Å². The van der Waals surface area contributed by atoms with Crippen LogP contribution in [0.4, 0.5) is 4.39 Å². The summed E-state index contributed by atoms with van der Waals surface area (Å²) >= 11 is 5.67. The molecule has 1 aliphatic rings. The Morgan fingerprint density at radius 3 is 2.93 bits per heavy atom. The van der Waals surface area contributed by atoms with E-state index < -0.39 is 5.82 Å². The average Bonchev–Trinajstić information content (AvgIpc) is 2.25. The van der Waals surface area contributed by atoms with Gasteiger partial charge < -0.3 is 9.47 Å². The number of halogens is 2. The van der Waals surface area contributed by atoms with Crippen molar-refractivity contribution in [3.05, 3.63) is 22.5 Å².